The van der Waals surface area contributed by atoms with E-state index in [1.165, 1.54) is 27.9 Å². The molecule has 51 heavy (non-hydrogen) atoms. The van der Waals surface area contributed by atoms with Gasteiger partial charge in [-0.2, -0.15) is 0 Å². The Labute approximate surface area is 304 Å². The summed E-state index contributed by atoms with van der Waals surface area (Å²) in [5.74, 6) is -4.98. The molecule has 0 aromatic heterocycles. The van der Waals surface area contributed by atoms with E-state index in [1.54, 1.807) is 41.5 Å². The lowest BCUT2D eigenvalue weighted by Gasteiger charge is -2.49. The van der Waals surface area contributed by atoms with Crippen molar-refractivity contribution < 1.29 is 63.5 Å². The van der Waals surface area contributed by atoms with E-state index in [4.69, 9.17) is 28.4 Å². The minimum Gasteiger partial charge on any atom is -0.459 e. The molecule has 3 rings (SSSR count). The van der Waals surface area contributed by atoms with Crippen LogP contribution in [0, 0.1) is 23.7 Å². The number of esters is 1. The average molecular weight is 734 g/mol. The number of ketones is 1. The van der Waals surface area contributed by atoms with Gasteiger partial charge in [0.2, 0.25) is 0 Å². The number of Topliss-reactive ketones (excluding diaryl/α,β-unsaturated/α-hetero) is 1. The van der Waals surface area contributed by atoms with Crippen LogP contribution in [0.4, 0.5) is 0 Å². The summed E-state index contributed by atoms with van der Waals surface area (Å²) in [5.41, 5.74) is -4.84. The highest BCUT2D eigenvalue weighted by atomic mass is 16.7. The summed E-state index contributed by atoms with van der Waals surface area (Å²) in [5, 5.41) is 57.6. The molecule has 0 amide bonds. The monoisotopic (exact) mass is 733 g/mol. The third-order valence-corrected chi connectivity index (χ3v) is 11.8. The maximum absolute atomic E-state index is 14.1. The first-order chi connectivity index (χ1) is 23.4. The van der Waals surface area contributed by atoms with E-state index in [0.29, 0.717) is 6.42 Å². The molecule has 0 aliphatic carbocycles. The van der Waals surface area contributed by atoms with E-state index in [-0.39, 0.29) is 31.4 Å². The number of hydrogen-bond acceptors (Lipinski definition) is 14. The van der Waals surface area contributed by atoms with Gasteiger partial charge < -0.3 is 58.9 Å². The van der Waals surface area contributed by atoms with Gasteiger partial charge in [0.1, 0.15) is 29.7 Å². The molecule has 3 fully saturated rings. The van der Waals surface area contributed by atoms with E-state index in [2.05, 4.69) is 0 Å². The largest absolute Gasteiger partial charge is 0.459 e. The van der Waals surface area contributed by atoms with Crippen molar-refractivity contribution in [3.8, 4) is 0 Å². The molecule has 298 valence electrons. The zero-order valence-corrected chi connectivity index (χ0v) is 32.9. The molecule has 3 unspecified atom stereocenters. The number of nitrogens with zero attached hydrogens (tertiary/aromatic N) is 1. The zero-order chi connectivity index (χ0) is 39.0. The molecule has 0 radical (unpaired) electrons. The molecule has 5 N–H and O–H groups in total. The number of carbonyl (C=O) groups excluding carboxylic acids is 2. The van der Waals surface area contributed by atoms with Crippen LogP contribution < -0.4 is 0 Å². The third-order valence-electron chi connectivity index (χ3n) is 11.8. The second-order valence-corrected chi connectivity index (χ2v) is 16.5. The van der Waals surface area contributed by atoms with Crippen molar-refractivity contribution in [1.29, 1.82) is 0 Å². The number of aliphatic hydroxyl groups excluding tert-OH is 3. The smallest absolute Gasteiger partial charge is 0.311 e. The molecule has 3 aliphatic rings. The summed E-state index contributed by atoms with van der Waals surface area (Å²) in [6.07, 6.45) is -9.71. The topological polar surface area (TPSA) is 194 Å². The van der Waals surface area contributed by atoms with Crippen molar-refractivity contribution in [2.45, 2.75) is 179 Å². The Morgan fingerprint density at radius 1 is 0.882 bits per heavy atom. The molecule has 0 aromatic rings. The van der Waals surface area contributed by atoms with Gasteiger partial charge in [0, 0.05) is 37.3 Å². The first-order valence-electron chi connectivity index (χ1n) is 18.5. The Morgan fingerprint density at radius 3 is 2.04 bits per heavy atom. The predicted octanol–water partition coefficient (Wildman–Crippen LogP) is 1.79. The number of aliphatic hydroxyl groups is 5. The number of cyclic esters (lactones) is 1. The lowest BCUT2D eigenvalue weighted by molar-refractivity contribution is -0.318. The van der Waals surface area contributed by atoms with Crippen LogP contribution in [0.3, 0.4) is 0 Å². The molecule has 14 nitrogen and oxygen atoms in total. The van der Waals surface area contributed by atoms with Crippen molar-refractivity contribution in [2.24, 2.45) is 23.7 Å². The van der Waals surface area contributed by atoms with Gasteiger partial charge >= 0.3 is 5.97 Å². The summed E-state index contributed by atoms with van der Waals surface area (Å²) < 4.78 is 37.1. The van der Waals surface area contributed by atoms with Gasteiger partial charge in [-0.05, 0) is 74.9 Å². The van der Waals surface area contributed by atoms with Gasteiger partial charge in [-0.25, -0.2) is 0 Å². The Morgan fingerprint density at radius 2 is 1.49 bits per heavy atom. The van der Waals surface area contributed by atoms with Crippen LogP contribution >= 0.6 is 0 Å². The van der Waals surface area contributed by atoms with Gasteiger partial charge in [0.15, 0.2) is 12.6 Å². The Hall–Kier alpha value is -1.30. The zero-order valence-electron chi connectivity index (χ0n) is 32.9. The predicted molar refractivity (Wildman–Crippen MR) is 186 cm³/mol. The van der Waals surface area contributed by atoms with Gasteiger partial charge in [-0.15, -0.1) is 0 Å². The van der Waals surface area contributed by atoms with Crippen molar-refractivity contribution in [1.82, 2.24) is 4.90 Å². The molecule has 3 aliphatic heterocycles. The molecular formula is C37H67NO13. The lowest BCUT2D eigenvalue weighted by Crippen LogP contribution is -2.61. The van der Waals surface area contributed by atoms with Crippen LogP contribution in [0.1, 0.15) is 94.9 Å². The highest BCUT2D eigenvalue weighted by molar-refractivity contribution is 5.83. The summed E-state index contributed by atoms with van der Waals surface area (Å²) >= 11 is 0. The molecular weight excluding hydrogens is 666 g/mol. The fourth-order valence-corrected chi connectivity index (χ4v) is 8.41. The number of likely N-dealkylation sites (N-methyl/N-ethyl adjacent to an activating group) is 1. The quantitative estimate of drug-likeness (QED) is 0.238. The average Bonchev–Trinajstić information content (AvgIpc) is 3.05. The normalized spacial score (nSPS) is 49.7. The van der Waals surface area contributed by atoms with E-state index in [9.17, 15) is 35.1 Å². The summed E-state index contributed by atoms with van der Waals surface area (Å²) in [6.45, 7) is 16.3. The molecule has 0 saturated carbocycles. The molecule has 0 aromatic carbocycles. The van der Waals surface area contributed by atoms with Crippen LogP contribution in [0.15, 0.2) is 0 Å². The molecule has 3 heterocycles. The molecule has 3 saturated heterocycles. The van der Waals surface area contributed by atoms with Gasteiger partial charge in [-0.3, -0.25) is 9.59 Å². The first kappa shape index (κ1) is 44.1. The van der Waals surface area contributed by atoms with Crippen LogP contribution in [0.2, 0.25) is 0 Å². The number of rotatable bonds is 7. The van der Waals surface area contributed by atoms with Gasteiger partial charge in [0.05, 0.1) is 47.6 Å². The van der Waals surface area contributed by atoms with Gasteiger partial charge in [0.25, 0.3) is 0 Å². The number of carbonyl (C=O) groups is 2. The second kappa shape index (κ2) is 17.0. The Balaban J connectivity index is 2.18. The fraction of sp³-hybridized carbons (Fsp3) is 0.946. The van der Waals surface area contributed by atoms with E-state index < -0.39 is 108 Å². The minimum atomic E-state index is -1.99. The molecule has 14 heteroatoms. The highest BCUT2D eigenvalue weighted by Gasteiger charge is 2.53. The Bertz CT molecular complexity index is 1170. The van der Waals surface area contributed by atoms with Crippen molar-refractivity contribution in [3.63, 3.8) is 0 Å². The van der Waals surface area contributed by atoms with Crippen molar-refractivity contribution in [3.05, 3.63) is 0 Å². The van der Waals surface area contributed by atoms with Crippen molar-refractivity contribution in [2.75, 3.05) is 21.2 Å². The number of ether oxygens (including phenoxy) is 6. The van der Waals surface area contributed by atoms with E-state index >= 15 is 0 Å². The third kappa shape index (κ3) is 9.51. The molecule has 0 bridgehead atoms. The maximum Gasteiger partial charge on any atom is 0.311 e. The highest BCUT2D eigenvalue weighted by Crippen LogP contribution is 2.40. The molecule has 18 atom stereocenters. The number of methoxy groups -OCH3 is 1. The lowest BCUT2D eigenvalue weighted by atomic mass is 9.74. The van der Waals surface area contributed by atoms with E-state index in [1.807, 2.05) is 25.9 Å². The van der Waals surface area contributed by atoms with Crippen LogP contribution in [-0.4, -0.2) is 148 Å². The van der Waals surface area contributed by atoms with Crippen LogP contribution in [-0.2, 0) is 38.0 Å². The van der Waals surface area contributed by atoms with Gasteiger partial charge in [-0.1, -0.05) is 27.7 Å². The summed E-state index contributed by atoms with van der Waals surface area (Å²) in [4.78, 5) is 29.8. The Kier molecular flexibility index (Phi) is 14.7. The van der Waals surface area contributed by atoms with E-state index in [0.717, 1.165) is 0 Å². The maximum atomic E-state index is 14.1. The minimum absolute atomic E-state index is 0.0936. The second-order valence-electron chi connectivity index (χ2n) is 16.5. The van der Waals surface area contributed by atoms with Crippen LogP contribution in [0.25, 0.3) is 0 Å². The fourth-order valence-electron chi connectivity index (χ4n) is 8.41. The molecule has 0 spiro atoms. The summed E-state index contributed by atoms with van der Waals surface area (Å²) in [7, 11) is 5.18. The number of hydrogen-bond donors (Lipinski definition) is 5. The summed E-state index contributed by atoms with van der Waals surface area (Å²) in [6, 6.07) is -0.324. The standard InChI is InChI=1S/C37H67NO13/c1-14-25-37(10,45)30(41)20(4)27(39)18(2)16-35(8,44)32(51-34-28(40)24(38(11)12)15-19(3)47-34)21(5)29(22(6)33(43)49-25)50-26-17-36(9,46-13)31(42)23(7)48-26/h18-26,28-32,34,40-42,44-45H,14-17H2,1-13H3/t18-,19?,20+,21+,22-,23?,24+,25-,26+,28-,29+,30?,31+,32-,34+,35-,36-,37-/m1/s1. The van der Waals surface area contributed by atoms with Crippen LogP contribution in [0.5, 0.6) is 0 Å². The van der Waals surface area contributed by atoms with Crippen molar-refractivity contribution >= 4 is 11.8 Å². The first-order valence-corrected chi connectivity index (χ1v) is 18.5. The SMILES string of the molecule is CC[C@H]1OC(=O)[C@H](C)[C@@H](O[C@H]2C[C@@](C)(OC)[C@@H](O)C(C)O2)[C@H](C)[C@@H](O[C@@H]2OC(C)C[C@H](N(C)C)[C@H]2O)[C@](C)(O)C[C@@H](C)C(=O)[C@H](C)C(O)[C@]1(C)O.